The number of carboxylic acid groups (broad SMARTS) is 1. The Morgan fingerprint density at radius 2 is 1.88 bits per heavy atom. The summed E-state index contributed by atoms with van der Waals surface area (Å²) in [6.45, 7) is 2.67. The van der Waals surface area contributed by atoms with E-state index in [1.165, 1.54) is 4.90 Å². The average molecular weight is 243 g/mol. The van der Waals surface area contributed by atoms with Gasteiger partial charge in [-0.1, -0.05) is 0 Å². The number of aliphatic carboxylic acids is 1. The van der Waals surface area contributed by atoms with E-state index in [2.05, 4.69) is 0 Å². The second kappa shape index (κ2) is 6.05. The van der Waals surface area contributed by atoms with Gasteiger partial charge in [0.1, 0.15) is 0 Å². The molecular formula is C9H16F3NO3. The minimum Gasteiger partial charge on any atom is -0.481 e. The van der Waals surface area contributed by atoms with Crippen molar-refractivity contribution in [1.29, 1.82) is 0 Å². The van der Waals surface area contributed by atoms with Crippen LogP contribution in [0, 0.1) is 0 Å². The summed E-state index contributed by atoms with van der Waals surface area (Å²) in [5.41, 5.74) is 0. The number of hydrogen-bond acceptors (Lipinski definition) is 3. The molecule has 0 saturated heterocycles. The molecule has 0 aromatic carbocycles. The third kappa shape index (κ3) is 5.92. The predicted octanol–water partition coefficient (Wildman–Crippen LogP) is 1.09. The zero-order chi connectivity index (χ0) is 12.9. The first kappa shape index (κ1) is 15.2. The molecule has 0 aromatic rings. The van der Waals surface area contributed by atoms with Crippen LogP contribution in [0.15, 0.2) is 0 Å². The summed E-state index contributed by atoms with van der Waals surface area (Å²) < 4.78 is 36.2. The summed E-state index contributed by atoms with van der Waals surface area (Å²) >= 11 is 0. The van der Waals surface area contributed by atoms with E-state index in [4.69, 9.17) is 10.2 Å². The van der Waals surface area contributed by atoms with E-state index in [1.54, 1.807) is 13.8 Å². The molecule has 0 spiro atoms. The summed E-state index contributed by atoms with van der Waals surface area (Å²) in [5, 5.41) is 17.3. The number of alkyl halides is 3. The van der Waals surface area contributed by atoms with Crippen LogP contribution in [0.1, 0.15) is 20.3 Å². The Balaban J connectivity index is 4.28. The fourth-order valence-corrected chi connectivity index (χ4v) is 1.13. The van der Waals surface area contributed by atoms with Crippen molar-refractivity contribution in [3.63, 3.8) is 0 Å². The Morgan fingerprint density at radius 3 is 2.19 bits per heavy atom. The molecule has 4 nitrogen and oxygen atoms in total. The van der Waals surface area contributed by atoms with Crippen molar-refractivity contribution in [3.8, 4) is 0 Å². The fraction of sp³-hybridized carbons (Fsp3) is 0.889. The summed E-state index contributed by atoms with van der Waals surface area (Å²) in [5.74, 6) is -1.08. The molecule has 16 heavy (non-hydrogen) atoms. The maximum absolute atomic E-state index is 12.1. The number of aliphatic hydroxyl groups excluding tert-OH is 1. The molecule has 0 amide bonds. The topological polar surface area (TPSA) is 60.8 Å². The van der Waals surface area contributed by atoms with Crippen LogP contribution in [0.4, 0.5) is 13.2 Å². The first-order chi connectivity index (χ1) is 7.14. The van der Waals surface area contributed by atoms with Crippen LogP contribution in [0.3, 0.4) is 0 Å². The molecule has 0 aliphatic heterocycles. The van der Waals surface area contributed by atoms with Crippen LogP contribution in [0.2, 0.25) is 0 Å². The van der Waals surface area contributed by atoms with E-state index >= 15 is 0 Å². The van der Waals surface area contributed by atoms with E-state index in [-0.39, 0.29) is 19.0 Å². The van der Waals surface area contributed by atoms with Gasteiger partial charge in [0, 0.05) is 19.1 Å². The van der Waals surface area contributed by atoms with Crippen LogP contribution in [0.5, 0.6) is 0 Å². The molecule has 0 bridgehead atoms. The SMILES string of the molecule is CC(C)N(CCC(=O)O)CC(O)C(F)(F)F. The molecule has 0 radical (unpaired) electrons. The highest BCUT2D eigenvalue weighted by Crippen LogP contribution is 2.21. The number of rotatable bonds is 6. The lowest BCUT2D eigenvalue weighted by atomic mass is 10.2. The van der Waals surface area contributed by atoms with E-state index in [9.17, 15) is 18.0 Å². The standard InChI is InChI=1S/C9H16F3NO3/c1-6(2)13(4-3-8(15)16)5-7(14)9(10,11)12/h6-7,14H,3-5H2,1-2H3,(H,15,16). The lowest BCUT2D eigenvalue weighted by molar-refractivity contribution is -0.209. The van der Waals surface area contributed by atoms with Gasteiger partial charge in [-0.15, -0.1) is 0 Å². The zero-order valence-electron chi connectivity index (χ0n) is 9.16. The predicted molar refractivity (Wildman–Crippen MR) is 51.0 cm³/mol. The van der Waals surface area contributed by atoms with E-state index in [0.29, 0.717) is 0 Å². The average Bonchev–Trinajstić information content (AvgIpc) is 2.09. The normalized spacial score (nSPS) is 14.5. The van der Waals surface area contributed by atoms with Gasteiger partial charge < -0.3 is 10.2 Å². The minimum atomic E-state index is -4.67. The third-order valence-corrected chi connectivity index (χ3v) is 2.13. The molecule has 1 atom stereocenters. The second-order valence-electron chi connectivity index (χ2n) is 3.79. The highest BCUT2D eigenvalue weighted by atomic mass is 19.4. The second-order valence-corrected chi connectivity index (χ2v) is 3.79. The van der Waals surface area contributed by atoms with Crippen molar-refractivity contribution in [2.24, 2.45) is 0 Å². The van der Waals surface area contributed by atoms with Crippen molar-refractivity contribution in [1.82, 2.24) is 4.90 Å². The maximum Gasteiger partial charge on any atom is 0.415 e. The number of hydrogen-bond donors (Lipinski definition) is 2. The summed E-state index contributed by atoms with van der Waals surface area (Å²) in [6.07, 6.45) is -7.36. The first-order valence-corrected chi connectivity index (χ1v) is 4.85. The van der Waals surface area contributed by atoms with Gasteiger partial charge in [0.15, 0.2) is 6.10 Å². The van der Waals surface area contributed by atoms with Gasteiger partial charge in [0.05, 0.1) is 6.42 Å². The van der Waals surface area contributed by atoms with E-state index in [0.717, 1.165) is 0 Å². The first-order valence-electron chi connectivity index (χ1n) is 4.85. The van der Waals surface area contributed by atoms with Crippen molar-refractivity contribution >= 4 is 5.97 Å². The van der Waals surface area contributed by atoms with Crippen LogP contribution < -0.4 is 0 Å². The van der Waals surface area contributed by atoms with Gasteiger partial charge in [0.25, 0.3) is 0 Å². The number of carboxylic acids is 1. The maximum atomic E-state index is 12.1. The highest BCUT2D eigenvalue weighted by molar-refractivity contribution is 5.66. The molecule has 0 heterocycles. The molecule has 0 aliphatic carbocycles. The Hall–Kier alpha value is -0.820. The number of aliphatic hydroxyl groups is 1. The third-order valence-electron chi connectivity index (χ3n) is 2.13. The van der Waals surface area contributed by atoms with Crippen molar-refractivity contribution in [2.45, 2.75) is 38.6 Å². The molecule has 0 fully saturated rings. The lowest BCUT2D eigenvalue weighted by Gasteiger charge is -2.28. The monoisotopic (exact) mass is 243 g/mol. The molecule has 0 saturated carbocycles. The molecule has 2 N–H and O–H groups in total. The molecule has 0 aliphatic rings. The Morgan fingerprint density at radius 1 is 1.38 bits per heavy atom. The van der Waals surface area contributed by atoms with Gasteiger partial charge in [-0.25, -0.2) is 0 Å². The van der Waals surface area contributed by atoms with Crippen LogP contribution in [0.25, 0.3) is 0 Å². The van der Waals surface area contributed by atoms with Crippen molar-refractivity contribution in [2.75, 3.05) is 13.1 Å². The number of nitrogens with zero attached hydrogens (tertiary/aromatic N) is 1. The molecule has 1 unspecified atom stereocenters. The van der Waals surface area contributed by atoms with E-state index < -0.39 is 24.8 Å². The highest BCUT2D eigenvalue weighted by Gasteiger charge is 2.39. The molecule has 7 heteroatoms. The van der Waals surface area contributed by atoms with Crippen molar-refractivity contribution in [3.05, 3.63) is 0 Å². The summed E-state index contributed by atoms with van der Waals surface area (Å²) in [6, 6.07) is -0.253. The molecular weight excluding hydrogens is 227 g/mol. The zero-order valence-corrected chi connectivity index (χ0v) is 9.16. The quantitative estimate of drug-likeness (QED) is 0.733. The van der Waals surface area contributed by atoms with Gasteiger partial charge >= 0.3 is 12.1 Å². The molecule has 0 aromatic heterocycles. The fourth-order valence-electron chi connectivity index (χ4n) is 1.13. The lowest BCUT2D eigenvalue weighted by Crippen LogP contribution is -2.44. The Labute approximate surface area is 91.7 Å². The summed E-state index contributed by atoms with van der Waals surface area (Å²) in [7, 11) is 0. The molecule has 96 valence electrons. The Kier molecular flexibility index (Phi) is 5.74. The van der Waals surface area contributed by atoms with Crippen LogP contribution in [-0.2, 0) is 4.79 Å². The van der Waals surface area contributed by atoms with Crippen molar-refractivity contribution < 1.29 is 28.2 Å². The smallest absolute Gasteiger partial charge is 0.415 e. The van der Waals surface area contributed by atoms with Crippen LogP contribution in [-0.4, -0.2) is 52.5 Å². The summed E-state index contributed by atoms with van der Waals surface area (Å²) in [4.78, 5) is 11.6. The van der Waals surface area contributed by atoms with Crippen LogP contribution >= 0.6 is 0 Å². The van der Waals surface area contributed by atoms with Gasteiger partial charge in [-0.3, -0.25) is 9.69 Å². The number of halogens is 3. The number of carbonyl (C=O) groups is 1. The van der Waals surface area contributed by atoms with Gasteiger partial charge in [-0.2, -0.15) is 13.2 Å². The van der Waals surface area contributed by atoms with E-state index in [1.807, 2.05) is 0 Å². The van der Waals surface area contributed by atoms with Gasteiger partial charge in [0.2, 0.25) is 0 Å². The Bertz CT molecular complexity index is 231. The van der Waals surface area contributed by atoms with Gasteiger partial charge in [-0.05, 0) is 13.8 Å². The largest absolute Gasteiger partial charge is 0.481 e. The minimum absolute atomic E-state index is 0.0138. The molecule has 0 rings (SSSR count).